The van der Waals surface area contributed by atoms with Crippen molar-refractivity contribution in [1.82, 2.24) is 0 Å². The van der Waals surface area contributed by atoms with Crippen molar-refractivity contribution in [1.29, 1.82) is 0 Å². The third kappa shape index (κ3) is 2.97. The smallest absolute Gasteiger partial charge is 0.385 e. The summed E-state index contributed by atoms with van der Waals surface area (Å²) in [6.45, 7) is 2.18. The van der Waals surface area contributed by atoms with Crippen LogP contribution in [0, 0.1) is 6.92 Å². The van der Waals surface area contributed by atoms with E-state index in [1.807, 2.05) is 0 Å². The molecule has 0 amide bonds. The van der Waals surface area contributed by atoms with Gasteiger partial charge < -0.3 is 15.8 Å². The molecule has 0 aliphatic carbocycles. The van der Waals surface area contributed by atoms with Crippen LogP contribution in [-0.4, -0.2) is 30.6 Å². The van der Waals surface area contributed by atoms with Crippen LogP contribution in [0.3, 0.4) is 0 Å². The number of hydrogen-bond acceptors (Lipinski definition) is 4. The van der Waals surface area contributed by atoms with Gasteiger partial charge >= 0.3 is 6.18 Å². The molecule has 0 spiro atoms. The molecule has 1 fully saturated rings. The number of nitrogens with one attached hydrogen (secondary N) is 1. The fraction of sp³-hybridized carbons (Fsp3) is 0.500. The van der Waals surface area contributed by atoms with Gasteiger partial charge in [0.1, 0.15) is 11.9 Å². The molecule has 1 saturated heterocycles. The molecule has 114 valence electrons. The maximum Gasteiger partial charge on any atom is 0.416 e. The number of benzene rings is 1. The van der Waals surface area contributed by atoms with Crippen LogP contribution < -0.4 is 11.1 Å². The molecular formula is C14H16F3N3O. The van der Waals surface area contributed by atoms with E-state index in [2.05, 4.69) is 10.3 Å². The van der Waals surface area contributed by atoms with Crippen LogP contribution in [0.1, 0.15) is 17.5 Å². The van der Waals surface area contributed by atoms with Crippen LogP contribution in [-0.2, 0) is 10.9 Å². The van der Waals surface area contributed by atoms with E-state index in [1.165, 1.54) is 6.07 Å². The minimum atomic E-state index is -4.32. The van der Waals surface area contributed by atoms with Gasteiger partial charge in [-0.15, -0.1) is 0 Å². The lowest BCUT2D eigenvalue weighted by Crippen LogP contribution is -2.32. The summed E-state index contributed by atoms with van der Waals surface area (Å²) >= 11 is 0. The first-order valence-electron chi connectivity index (χ1n) is 6.75. The molecule has 0 saturated carbocycles. The molecule has 3 unspecified atom stereocenters. The number of alkyl halides is 3. The average Bonchev–Trinajstić information content (AvgIpc) is 3.16. The van der Waals surface area contributed by atoms with Gasteiger partial charge in [0.25, 0.3) is 0 Å². The Morgan fingerprint density at radius 1 is 1.43 bits per heavy atom. The van der Waals surface area contributed by atoms with Crippen LogP contribution in [0.15, 0.2) is 23.2 Å². The van der Waals surface area contributed by atoms with Crippen molar-refractivity contribution in [3.05, 3.63) is 29.3 Å². The number of aliphatic imine (C=N–C) groups is 1. The highest BCUT2D eigenvalue weighted by atomic mass is 19.4. The average molecular weight is 299 g/mol. The predicted molar refractivity (Wildman–Crippen MR) is 73.4 cm³/mol. The molecule has 0 bridgehead atoms. The van der Waals surface area contributed by atoms with Gasteiger partial charge in [-0.2, -0.15) is 13.2 Å². The SMILES string of the molecule is Cc1cc(C(F)(F)F)ccc1NCC1CC2OC2C(N)=N1. The predicted octanol–water partition coefficient (Wildman–Crippen LogP) is 2.32. The van der Waals surface area contributed by atoms with Gasteiger partial charge in [0.2, 0.25) is 0 Å². The van der Waals surface area contributed by atoms with E-state index in [0.29, 0.717) is 23.6 Å². The summed E-state index contributed by atoms with van der Waals surface area (Å²) in [5.74, 6) is 0.516. The van der Waals surface area contributed by atoms with Crippen molar-refractivity contribution in [2.45, 2.75) is 37.8 Å². The Balaban J connectivity index is 1.64. The molecule has 0 radical (unpaired) electrons. The van der Waals surface area contributed by atoms with Crippen LogP contribution in [0.5, 0.6) is 0 Å². The van der Waals surface area contributed by atoms with Crippen molar-refractivity contribution in [3.8, 4) is 0 Å². The maximum absolute atomic E-state index is 12.6. The lowest BCUT2D eigenvalue weighted by atomic mass is 10.1. The fourth-order valence-electron chi connectivity index (χ4n) is 2.58. The number of nitrogens with two attached hydrogens (primary N) is 1. The highest BCUT2D eigenvalue weighted by Gasteiger charge is 2.46. The van der Waals surface area contributed by atoms with E-state index >= 15 is 0 Å². The molecule has 3 N–H and O–H groups in total. The zero-order valence-corrected chi connectivity index (χ0v) is 11.4. The van der Waals surface area contributed by atoms with Crippen LogP contribution in [0.4, 0.5) is 18.9 Å². The third-order valence-electron chi connectivity index (χ3n) is 3.79. The number of ether oxygens (including phenoxy) is 1. The zero-order chi connectivity index (χ0) is 15.2. The molecule has 1 aromatic rings. The van der Waals surface area contributed by atoms with Crippen molar-refractivity contribution in [2.75, 3.05) is 11.9 Å². The van der Waals surface area contributed by atoms with Crippen LogP contribution in [0.2, 0.25) is 0 Å². The largest absolute Gasteiger partial charge is 0.416 e. The Labute approximate surface area is 120 Å². The minimum Gasteiger partial charge on any atom is -0.385 e. The molecule has 2 heterocycles. The fourth-order valence-corrected chi connectivity index (χ4v) is 2.58. The molecular weight excluding hydrogens is 283 g/mol. The van der Waals surface area contributed by atoms with E-state index in [0.717, 1.165) is 18.6 Å². The summed E-state index contributed by atoms with van der Waals surface area (Å²) < 4.78 is 43.1. The number of aryl methyl sites for hydroxylation is 1. The molecule has 21 heavy (non-hydrogen) atoms. The first-order valence-corrected chi connectivity index (χ1v) is 6.75. The first kappa shape index (κ1) is 14.2. The second-order valence-corrected chi connectivity index (χ2v) is 5.45. The Morgan fingerprint density at radius 3 is 2.81 bits per heavy atom. The van der Waals surface area contributed by atoms with E-state index < -0.39 is 11.7 Å². The lowest BCUT2D eigenvalue weighted by molar-refractivity contribution is -0.137. The summed E-state index contributed by atoms with van der Waals surface area (Å²) in [7, 11) is 0. The first-order chi connectivity index (χ1) is 9.84. The number of hydrogen-bond donors (Lipinski definition) is 2. The standard InChI is InChI=1S/C14H16F3N3O/c1-7-4-8(14(15,16)17)2-3-10(7)19-6-9-5-11-12(21-11)13(18)20-9/h2-4,9,11-12,19H,5-6H2,1H3,(H2,18,20). The number of amidine groups is 1. The molecule has 2 aliphatic rings. The molecule has 3 atom stereocenters. The quantitative estimate of drug-likeness (QED) is 0.842. The number of rotatable bonds is 3. The van der Waals surface area contributed by atoms with E-state index in [4.69, 9.17) is 10.5 Å². The molecule has 1 aromatic carbocycles. The third-order valence-corrected chi connectivity index (χ3v) is 3.79. The highest BCUT2D eigenvalue weighted by molar-refractivity contribution is 5.88. The van der Waals surface area contributed by atoms with Crippen molar-refractivity contribution < 1.29 is 17.9 Å². The lowest BCUT2D eigenvalue weighted by Gasteiger charge is -2.18. The second kappa shape index (κ2) is 4.91. The number of anilines is 1. The normalized spacial score (nSPS) is 27.8. The van der Waals surface area contributed by atoms with Crippen LogP contribution >= 0.6 is 0 Å². The highest BCUT2D eigenvalue weighted by Crippen LogP contribution is 2.33. The van der Waals surface area contributed by atoms with Crippen molar-refractivity contribution in [3.63, 3.8) is 0 Å². The van der Waals surface area contributed by atoms with E-state index in [-0.39, 0.29) is 18.2 Å². The monoisotopic (exact) mass is 299 g/mol. The summed E-state index contributed by atoms with van der Waals surface area (Å²) in [6, 6.07) is 3.66. The topological polar surface area (TPSA) is 62.9 Å². The number of halogens is 3. The Morgan fingerprint density at radius 2 is 2.19 bits per heavy atom. The van der Waals surface area contributed by atoms with Crippen molar-refractivity contribution >= 4 is 11.5 Å². The Bertz CT molecular complexity index is 585. The van der Waals surface area contributed by atoms with Gasteiger partial charge in [0, 0.05) is 18.7 Å². The Hall–Kier alpha value is -1.76. The van der Waals surface area contributed by atoms with Gasteiger partial charge in [-0.1, -0.05) is 0 Å². The maximum atomic E-state index is 12.6. The summed E-state index contributed by atoms with van der Waals surface area (Å²) in [5.41, 5.74) is 6.34. The van der Waals surface area contributed by atoms with Gasteiger partial charge in [-0.05, 0) is 30.7 Å². The van der Waals surface area contributed by atoms with Gasteiger partial charge in [0.05, 0.1) is 17.7 Å². The minimum absolute atomic E-state index is 0.00422. The number of nitrogens with zero attached hydrogens (tertiary/aromatic N) is 1. The number of fused-ring (bicyclic) bond motifs is 1. The van der Waals surface area contributed by atoms with E-state index in [9.17, 15) is 13.2 Å². The number of epoxide rings is 1. The zero-order valence-electron chi connectivity index (χ0n) is 11.4. The Kier molecular flexibility index (Phi) is 3.32. The molecule has 7 heteroatoms. The van der Waals surface area contributed by atoms with Gasteiger partial charge in [-0.3, -0.25) is 4.99 Å². The molecule has 2 aliphatic heterocycles. The second-order valence-electron chi connectivity index (χ2n) is 5.45. The molecule has 4 nitrogen and oxygen atoms in total. The van der Waals surface area contributed by atoms with E-state index in [1.54, 1.807) is 6.92 Å². The summed E-state index contributed by atoms with van der Waals surface area (Å²) in [5, 5.41) is 3.14. The van der Waals surface area contributed by atoms with Gasteiger partial charge in [0.15, 0.2) is 0 Å². The summed E-state index contributed by atoms with van der Waals surface area (Å²) in [6.07, 6.45) is -3.39. The molecule has 0 aromatic heterocycles. The summed E-state index contributed by atoms with van der Waals surface area (Å²) in [4.78, 5) is 4.33. The van der Waals surface area contributed by atoms with Gasteiger partial charge in [-0.25, -0.2) is 0 Å². The molecule has 3 rings (SSSR count). The van der Waals surface area contributed by atoms with Crippen LogP contribution in [0.25, 0.3) is 0 Å². The van der Waals surface area contributed by atoms with Crippen molar-refractivity contribution in [2.24, 2.45) is 10.7 Å².